The fourth-order valence-electron chi connectivity index (χ4n) is 0.779. The van der Waals surface area contributed by atoms with Crippen LogP contribution in [0.4, 0.5) is 0 Å². The molecule has 0 N–H and O–H groups in total. The van der Waals surface area contributed by atoms with Gasteiger partial charge in [-0.05, 0) is 19.9 Å². The molecule has 0 spiro atoms. The molecule has 0 saturated heterocycles. The quantitative estimate of drug-likeness (QED) is 0.759. The lowest BCUT2D eigenvalue weighted by atomic mass is 10.2. The minimum atomic E-state index is -0.130. The number of hydrogen-bond acceptors (Lipinski definition) is 3. The standard InChI is InChI=1S/C7H10N2O.C4H6O.C2H6/c1-6(7(2)10)9-5-3-4-8-9;1-3-4-5-2;1-2/h3-6H,1-2H3;1H,4H2,2H3;1-2H3. The van der Waals surface area contributed by atoms with E-state index in [1.807, 2.05) is 20.8 Å². The molecule has 0 fully saturated rings. The van der Waals surface area contributed by atoms with Gasteiger partial charge in [-0.15, -0.1) is 6.42 Å². The van der Waals surface area contributed by atoms with E-state index in [9.17, 15) is 4.79 Å². The highest BCUT2D eigenvalue weighted by molar-refractivity contribution is 5.79. The molecular weight excluding hydrogens is 216 g/mol. The Bertz CT molecular complexity index is 313. The van der Waals surface area contributed by atoms with Crippen LogP contribution in [0.1, 0.15) is 33.7 Å². The highest BCUT2D eigenvalue weighted by Gasteiger charge is 2.07. The van der Waals surface area contributed by atoms with Crippen LogP contribution >= 0.6 is 0 Å². The summed E-state index contributed by atoms with van der Waals surface area (Å²) in [6, 6.07) is 1.68. The molecule has 1 heterocycles. The lowest BCUT2D eigenvalue weighted by Crippen LogP contribution is -2.13. The van der Waals surface area contributed by atoms with Crippen molar-refractivity contribution in [2.75, 3.05) is 13.7 Å². The van der Waals surface area contributed by atoms with Crippen LogP contribution in [0.5, 0.6) is 0 Å². The van der Waals surface area contributed by atoms with Gasteiger partial charge in [0, 0.05) is 19.5 Å². The lowest BCUT2D eigenvalue weighted by Gasteiger charge is -2.05. The summed E-state index contributed by atoms with van der Waals surface area (Å²) in [5.74, 6) is 2.42. The SMILES string of the molecule is C#CCOC.CC.CC(=O)C(C)n1cccn1. The van der Waals surface area contributed by atoms with Crippen LogP contribution in [0.3, 0.4) is 0 Å². The smallest absolute Gasteiger partial charge is 0.154 e. The van der Waals surface area contributed by atoms with E-state index < -0.39 is 0 Å². The van der Waals surface area contributed by atoms with Gasteiger partial charge < -0.3 is 4.74 Å². The molecule has 1 aromatic heterocycles. The summed E-state index contributed by atoms with van der Waals surface area (Å²) in [5.41, 5.74) is 0. The van der Waals surface area contributed by atoms with Crippen LogP contribution < -0.4 is 0 Å². The number of aromatic nitrogens is 2. The van der Waals surface area contributed by atoms with Crippen LogP contribution in [0.15, 0.2) is 18.5 Å². The Labute approximate surface area is 104 Å². The van der Waals surface area contributed by atoms with Crippen molar-refractivity contribution in [3.63, 3.8) is 0 Å². The van der Waals surface area contributed by atoms with Crippen molar-refractivity contribution in [3.8, 4) is 12.3 Å². The van der Waals surface area contributed by atoms with Crippen LogP contribution in [0.25, 0.3) is 0 Å². The fraction of sp³-hybridized carbons (Fsp3) is 0.538. The lowest BCUT2D eigenvalue weighted by molar-refractivity contribution is -0.119. The summed E-state index contributed by atoms with van der Waals surface area (Å²) in [7, 11) is 1.57. The van der Waals surface area contributed by atoms with E-state index in [4.69, 9.17) is 6.42 Å². The van der Waals surface area contributed by atoms with E-state index >= 15 is 0 Å². The monoisotopic (exact) mass is 238 g/mol. The van der Waals surface area contributed by atoms with Gasteiger partial charge in [-0.3, -0.25) is 9.48 Å². The first-order valence-electron chi connectivity index (χ1n) is 5.55. The maximum absolute atomic E-state index is 10.8. The summed E-state index contributed by atoms with van der Waals surface area (Å²) in [6.45, 7) is 7.81. The largest absolute Gasteiger partial charge is 0.372 e. The van der Waals surface area contributed by atoms with E-state index in [1.165, 1.54) is 0 Å². The number of rotatable bonds is 3. The zero-order chi connectivity index (χ0) is 13.7. The first-order valence-corrected chi connectivity index (χ1v) is 5.55. The summed E-state index contributed by atoms with van der Waals surface area (Å²) >= 11 is 0. The second kappa shape index (κ2) is 12.5. The molecule has 0 aliphatic rings. The van der Waals surface area contributed by atoms with Crippen LogP contribution in [0.2, 0.25) is 0 Å². The predicted molar refractivity (Wildman–Crippen MR) is 69.7 cm³/mol. The second-order valence-corrected chi connectivity index (χ2v) is 2.91. The molecule has 4 heteroatoms. The molecule has 1 atom stereocenters. The summed E-state index contributed by atoms with van der Waals surface area (Å²) in [6.07, 6.45) is 8.21. The molecule has 1 unspecified atom stereocenters. The molecule has 4 nitrogen and oxygen atoms in total. The van der Waals surface area contributed by atoms with E-state index in [1.54, 1.807) is 37.2 Å². The first-order chi connectivity index (χ1) is 8.13. The number of ketones is 1. The van der Waals surface area contributed by atoms with E-state index in [-0.39, 0.29) is 11.8 Å². The Morgan fingerprint density at radius 1 is 1.59 bits per heavy atom. The van der Waals surface area contributed by atoms with Crippen molar-refractivity contribution < 1.29 is 9.53 Å². The Kier molecular flexibility index (Phi) is 13.0. The number of methoxy groups -OCH3 is 1. The molecule has 17 heavy (non-hydrogen) atoms. The number of terminal acetylenes is 1. The van der Waals surface area contributed by atoms with Crippen molar-refractivity contribution in [1.29, 1.82) is 0 Å². The second-order valence-electron chi connectivity index (χ2n) is 2.91. The fourth-order valence-corrected chi connectivity index (χ4v) is 0.779. The van der Waals surface area contributed by atoms with Crippen LogP contribution in [0, 0.1) is 12.3 Å². The summed E-state index contributed by atoms with van der Waals surface area (Å²) in [5, 5.41) is 3.93. The normalized spacial score (nSPS) is 9.88. The Balaban J connectivity index is 0. The topological polar surface area (TPSA) is 44.1 Å². The van der Waals surface area contributed by atoms with Gasteiger partial charge in [0.05, 0.1) is 0 Å². The number of carbonyl (C=O) groups is 1. The van der Waals surface area contributed by atoms with Gasteiger partial charge >= 0.3 is 0 Å². The van der Waals surface area contributed by atoms with Gasteiger partial charge in [-0.1, -0.05) is 19.8 Å². The molecule has 0 amide bonds. The van der Waals surface area contributed by atoms with Gasteiger partial charge in [0.2, 0.25) is 0 Å². The third-order valence-corrected chi connectivity index (χ3v) is 1.74. The zero-order valence-corrected chi connectivity index (χ0v) is 11.3. The third kappa shape index (κ3) is 9.34. The number of carbonyl (C=O) groups excluding carboxylic acids is 1. The van der Waals surface area contributed by atoms with E-state index in [2.05, 4.69) is 15.8 Å². The molecule has 0 aliphatic carbocycles. The van der Waals surface area contributed by atoms with Gasteiger partial charge in [0.25, 0.3) is 0 Å². The van der Waals surface area contributed by atoms with Crippen molar-refractivity contribution in [2.24, 2.45) is 0 Å². The number of Topliss-reactive ketones (excluding diaryl/α,β-unsaturated/α-hetero) is 1. The van der Waals surface area contributed by atoms with Gasteiger partial charge in [0.1, 0.15) is 12.6 Å². The third-order valence-electron chi connectivity index (χ3n) is 1.74. The molecule has 0 radical (unpaired) electrons. The minimum Gasteiger partial charge on any atom is -0.372 e. The van der Waals surface area contributed by atoms with Gasteiger partial charge in [0.15, 0.2) is 5.78 Å². The van der Waals surface area contributed by atoms with Crippen molar-refractivity contribution in [3.05, 3.63) is 18.5 Å². The van der Waals surface area contributed by atoms with Crippen molar-refractivity contribution in [1.82, 2.24) is 9.78 Å². The molecule has 1 aromatic rings. The first kappa shape index (κ1) is 17.8. The molecule has 0 bridgehead atoms. The Morgan fingerprint density at radius 2 is 2.18 bits per heavy atom. The Hall–Kier alpha value is -1.60. The molecular formula is C13H22N2O2. The molecule has 0 aliphatic heterocycles. The van der Waals surface area contributed by atoms with Gasteiger partial charge in [-0.2, -0.15) is 5.10 Å². The maximum Gasteiger partial charge on any atom is 0.154 e. The number of hydrogen-bond donors (Lipinski definition) is 0. The Morgan fingerprint density at radius 3 is 2.41 bits per heavy atom. The summed E-state index contributed by atoms with van der Waals surface area (Å²) in [4.78, 5) is 10.8. The maximum atomic E-state index is 10.8. The molecule has 0 aromatic carbocycles. The zero-order valence-electron chi connectivity index (χ0n) is 11.3. The molecule has 0 saturated carbocycles. The molecule has 1 rings (SSSR count). The number of nitrogens with zero attached hydrogens (tertiary/aromatic N) is 2. The van der Waals surface area contributed by atoms with Crippen molar-refractivity contribution >= 4 is 5.78 Å². The average molecular weight is 238 g/mol. The van der Waals surface area contributed by atoms with E-state index in [0.717, 1.165) is 0 Å². The highest BCUT2D eigenvalue weighted by atomic mass is 16.5. The predicted octanol–water partition coefficient (Wildman–Crippen LogP) is 2.33. The van der Waals surface area contributed by atoms with Crippen LogP contribution in [-0.2, 0) is 9.53 Å². The minimum absolute atomic E-state index is 0.128. The average Bonchev–Trinajstić information content (AvgIpc) is 2.86. The van der Waals surface area contributed by atoms with E-state index in [0.29, 0.717) is 6.61 Å². The molecule has 96 valence electrons. The summed E-state index contributed by atoms with van der Waals surface area (Å²) < 4.78 is 6.10. The van der Waals surface area contributed by atoms with Crippen molar-refractivity contribution in [2.45, 2.75) is 33.7 Å². The number of ether oxygens (including phenoxy) is 1. The highest BCUT2D eigenvalue weighted by Crippen LogP contribution is 2.02. The van der Waals surface area contributed by atoms with Gasteiger partial charge in [-0.25, -0.2) is 0 Å². The van der Waals surface area contributed by atoms with Crippen LogP contribution in [-0.4, -0.2) is 29.3 Å².